The Bertz CT molecular complexity index is 689. The number of aromatic nitrogens is 2. The van der Waals surface area contributed by atoms with Gasteiger partial charge < -0.3 is 10.2 Å². The molecule has 0 bridgehead atoms. The lowest BCUT2D eigenvalue weighted by atomic mass is 10.0. The molecule has 1 N–H and O–H groups in total. The summed E-state index contributed by atoms with van der Waals surface area (Å²) in [6.07, 6.45) is 1.81. The first-order valence-electron chi connectivity index (χ1n) is 7.15. The second-order valence-corrected chi connectivity index (χ2v) is 5.81. The summed E-state index contributed by atoms with van der Waals surface area (Å²) < 4.78 is 1.81. The topological polar surface area (TPSA) is 50.2 Å². The van der Waals surface area contributed by atoms with Crippen molar-refractivity contribution >= 4 is 11.6 Å². The third kappa shape index (κ3) is 2.18. The zero-order valence-electron chi connectivity index (χ0n) is 12.8. The van der Waals surface area contributed by atoms with E-state index in [1.165, 1.54) is 0 Å². The molecule has 2 heterocycles. The maximum Gasteiger partial charge on any atom is 0.257 e. The van der Waals surface area contributed by atoms with Crippen LogP contribution in [0.15, 0.2) is 30.5 Å². The monoisotopic (exact) mass is 284 g/mol. The highest BCUT2D eigenvalue weighted by Crippen LogP contribution is 2.34. The van der Waals surface area contributed by atoms with Gasteiger partial charge in [-0.3, -0.25) is 9.48 Å². The van der Waals surface area contributed by atoms with E-state index in [0.29, 0.717) is 11.5 Å². The van der Waals surface area contributed by atoms with Gasteiger partial charge in [-0.1, -0.05) is 26.0 Å². The summed E-state index contributed by atoms with van der Waals surface area (Å²) in [6, 6.07) is 7.62. The van der Waals surface area contributed by atoms with E-state index < -0.39 is 0 Å². The van der Waals surface area contributed by atoms with Crippen molar-refractivity contribution in [3.05, 3.63) is 47.3 Å². The predicted octanol–water partition coefficient (Wildman–Crippen LogP) is 2.74. The third-order valence-corrected chi connectivity index (χ3v) is 3.89. The van der Waals surface area contributed by atoms with Crippen LogP contribution in [0.2, 0.25) is 0 Å². The van der Waals surface area contributed by atoms with Crippen molar-refractivity contribution in [1.29, 1.82) is 0 Å². The number of nitrogens with one attached hydrogen (secondary N) is 1. The van der Waals surface area contributed by atoms with E-state index in [1.54, 1.807) is 4.90 Å². The molecule has 3 rings (SSSR count). The van der Waals surface area contributed by atoms with Crippen molar-refractivity contribution in [1.82, 2.24) is 14.7 Å². The van der Waals surface area contributed by atoms with Gasteiger partial charge in [0.15, 0.2) is 0 Å². The number of nitrogens with zero attached hydrogens (tertiary/aromatic N) is 3. The van der Waals surface area contributed by atoms with Crippen LogP contribution >= 0.6 is 0 Å². The Hall–Kier alpha value is -2.30. The minimum atomic E-state index is -0.182. The molecule has 1 aliphatic rings. The second-order valence-electron chi connectivity index (χ2n) is 5.81. The Balaban J connectivity index is 2.07. The Morgan fingerprint density at radius 3 is 2.67 bits per heavy atom. The molecule has 1 aromatic heterocycles. The van der Waals surface area contributed by atoms with Gasteiger partial charge in [0.25, 0.3) is 5.91 Å². The van der Waals surface area contributed by atoms with E-state index in [0.717, 1.165) is 16.9 Å². The van der Waals surface area contributed by atoms with Crippen LogP contribution in [-0.4, -0.2) is 27.6 Å². The average molecular weight is 284 g/mol. The number of para-hydroxylation sites is 1. The number of hydrogen-bond acceptors (Lipinski definition) is 3. The fraction of sp³-hybridized carbons (Fsp3) is 0.375. The number of anilines is 1. The number of rotatable bonds is 2. The first-order chi connectivity index (χ1) is 9.99. The molecule has 1 amide bonds. The van der Waals surface area contributed by atoms with E-state index >= 15 is 0 Å². The summed E-state index contributed by atoms with van der Waals surface area (Å²) >= 11 is 0. The van der Waals surface area contributed by atoms with Crippen molar-refractivity contribution in [2.24, 2.45) is 7.05 Å². The number of carbonyl (C=O) groups is 1. The largest absolute Gasteiger partial charge is 0.361 e. The molecule has 1 aliphatic heterocycles. The zero-order chi connectivity index (χ0) is 15.1. The van der Waals surface area contributed by atoms with Crippen molar-refractivity contribution in [2.45, 2.75) is 25.9 Å². The Morgan fingerprint density at radius 1 is 1.24 bits per heavy atom. The summed E-state index contributed by atoms with van der Waals surface area (Å²) in [5.41, 5.74) is 3.67. The molecule has 0 aliphatic carbocycles. The minimum Gasteiger partial charge on any atom is -0.361 e. The lowest BCUT2D eigenvalue weighted by Crippen LogP contribution is -2.40. The standard InChI is InChI=1S/C16H20N4O/c1-10(2)14-12(9-19(3)18-14)15-17-13-8-6-5-7-11(13)16(21)20(15)4/h5-10,15,17H,1-4H3. The maximum atomic E-state index is 12.5. The summed E-state index contributed by atoms with van der Waals surface area (Å²) in [7, 11) is 3.74. The van der Waals surface area contributed by atoms with E-state index in [4.69, 9.17) is 0 Å². The minimum absolute atomic E-state index is 0.0351. The SMILES string of the molecule is CC(C)c1nn(C)cc1C1Nc2ccccc2C(=O)N1C. The smallest absolute Gasteiger partial charge is 0.257 e. The van der Waals surface area contributed by atoms with Crippen molar-refractivity contribution < 1.29 is 4.79 Å². The van der Waals surface area contributed by atoms with Crippen LogP contribution in [0.25, 0.3) is 0 Å². The van der Waals surface area contributed by atoms with Crippen LogP contribution in [0, 0.1) is 0 Å². The molecule has 5 heteroatoms. The molecular weight excluding hydrogens is 264 g/mol. The number of benzene rings is 1. The van der Waals surface area contributed by atoms with Gasteiger partial charge in [0, 0.05) is 31.5 Å². The summed E-state index contributed by atoms with van der Waals surface area (Å²) in [5.74, 6) is 0.344. The number of carbonyl (C=O) groups excluding carboxylic acids is 1. The van der Waals surface area contributed by atoms with Crippen molar-refractivity contribution in [3.8, 4) is 0 Å². The number of amides is 1. The highest BCUT2D eigenvalue weighted by Gasteiger charge is 2.32. The molecule has 0 fully saturated rings. The van der Waals surface area contributed by atoms with Gasteiger partial charge >= 0.3 is 0 Å². The third-order valence-electron chi connectivity index (χ3n) is 3.89. The summed E-state index contributed by atoms with van der Waals surface area (Å²) in [6.45, 7) is 4.23. The summed E-state index contributed by atoms with van der Waals surface area (Å²) in [5, 5.41) is 7.99. The van der Waals surface area contributed by atoms with E-state index in [2.05, 4.69) is 24.3 Å². The molecule has 110 valence electrons. The van der Waals surface area contributed by atoms with Crippen LogP contribution in [-0.2, 0) is 7.05 Å². The first-order valence-corrected chi connectivity index (χ1v) is 7.15. The van der Waals surface area contributed by atoms with Gasteiger partial charge in [-0.05, 0) is 18.1 Å². The molecule has 1 aromatic carbocycles. The second kappa shape index (κ2) is 4.91. The van der Waals surface area contributed by atoms with Crippen LogP contribution in [0.5, 0.6) is 0 Å². The Kier molecular flexibility index (Phi) is 3.20. The van der Waals surface area contributed by atoms with Crippen LogP contribution in [0.1, 0.15) is 47.5 Å². The van der Waals surface area contributed by atoms with E-state index in [9.17, 15) is 4.79 Å². The molecule has 0 radical (unpaired) electrons. The van der Waals surface area contributed by atoms with E-state index in [1.807, 2.05) is 49.2 Å². The molecule has 1 atom stereocenters. The number of fused-ring (bicyclic) bond motifs is 1. The first kappa shape index (κ1) is 13.7. The van der Waals surface area contributed by atoms with Gasteiger partial charge in [0.2, 0.25) is 0 Å². The number of aryl methyl sites for hydroxylation is 1. The van der Waals surface area contributed by atoms with Crippen LogP contribution in [0.3, 0.4) is 0 Å². The van der Waals surface area contributed by atoms with Crippen molar-refractivity contribution in [2.75, 3.05) is 12.4 Å². The predicted molar refractivity (Wildman–Crippen MR) is 82.2 cm³/mol. The fourth-order valence-electron chi connectivity index (χ4n) is 2.82. The highest BCUT2D eigenvalue weighted by molar-refractivity contribution is 6.01. The lowest BCUT2D eigenvalue weighted by Gasteiger charge is -2.35. The summed E-state index contributed by atoms with van der Waals surface area (Å²) in [4.78, 5) is 14.3. The van der Waals surface area contributed by atoms with Gasteiger partial charge in [-0.15, -0.1) is 0 Å². The zero-order valence-corrected chi connectivity index (χ0v) is 12.8. The molecule has 0 spiro atoms. The van der Waals surface area contributed by atoms with Crippen LogP contribution < -0.4 is 5.32 Å². The molecule has 1 unspecified atom stereocenters. The average Bonchev–Trinajstić information content (AvgIpc) is 2.85. The van der Waals surface area contributed by atoms with Gasteiger partial charge in [0.05, 0.1) is 11.3 Å². The fourth-order valence-corrected chi connectivity index (χ4v) is 2.82. The molecule has 2 aromatic rings. The molecule has 0 saturated carbocycles. The normalized spacial score (nSPS) is 17.9. The Labute approximate surface area is 124 Å². The van der Waals surface area contributed by atoms with Gasteiger partial charge in [-0.2, -0.15) is 5.10 Å². The molecule has 0 saturated heterocycles. The van der Waals surface area contributed by atoms with Crippen LogP contribution in [0.4, 0.5) is 5.69 Å². The highest BCUT2D eigenvalue weighted by atomic mass is 16.2. The Morgan fingerprint density at radius 2 is 1.95 bits per heavy atom. The van der Waals surface area contributed by atoms with Crippen molar-refractivity contribution in [3.63, 3.8) is 0 Å². The van der Waals surface area contributed by atoms with Gasteiger partial charge in [-0.25, -0.2) is 0 Å². The number of hydrogen-bond donors (Lipinski definition) is 1. The quantitative estimate of drug-likeness (QED) is 0.922. The van der Waals surface area contributed by atoms with E-state index in [-0.39, 0.29) is 12.1 Å². The molecule has 5 nitrogen and oxygen atoms in total. The maximum absolute atomic E-state index is 12.5. The lowest BCUT2D eigenvalue weighted by molar-refractivity contribution is 0.0735. The molecular formula is C16H20N4O. The van der Waals surface area contributed by atoms with Gasteiger partial charge in [0.1, 0.15) is 6.17 Å². The molecule has 21 heavy (non-hydrogen) atoms.